The highest BCUT2D eigenvalue weighted by Crippen LogP contribution is 2.28. The molecule has 0 radical (unpaired) electrons. The van der Waals surface area contributed by atoms with Crippen LogP contribution in [0.3, 0.4) is 0 Å². The molecule has 1 saturated heterocycles. The quantitative estimate of drug-likeness (QED) is 0.650. The van der Waals surface area contributed by atoms with Gasteiger partial charge >= 0.3 is 0 Å². The Balaban J connectivity index is 1.23. The molecule has 160 valence electrons. The van der Waals surface area contributed by atoms with Crippen LogP contribution >= 0.6 is 0 Å². The maximum atomic E-state index is 13.0. The average Bonchev–Trinajstić information content (AvgIpc) is 3.16. The summed E-state index contributed by atoms with van der Waals surface area (Å²) in [6.45, 7) is 6.78. The van der Waals surface area contributed by atoms with E-state index in [1.165, 1.54) is 5.56 Å². The van der Waals surface area contributed by atoms with Crippen LogP contribution in [-0.2, 0) is 11.2 Å². The van der Waals surface area contributed by atoms with Gasteiger partial charge < -0.3 is 14.5 Å². The number of fused-ring (bicyclic) bond motifs is 1. The molecule has 1 amide bonds. The lowest BCUT2D eigenvalue weighted by Crippen LogP contribution is -2.53. The van der Waals surface area contributed by atoms with E-state index in [1.807, 2.05) is 47.6 Å². The van der Waals surface area contributed by atoms with Gasteiger partial charge in [-0.2, -0.15) is 0 Å². The van der Waals surface area contributed by atoms with Crippen molar-refractivity contribution in [2.45, 2.75) is 32.8 Å². The van der Waals surface area contributed by atoms with Crippen molar-refractivity contribution < 1.29 is 9.53 Å². The van der Waals surface area contributed by atoms with Crippen LogP contribution in [0, 0.1) is 13.8 Å². The molecule has 31 heavy (non-hydrogen) atoms. The first-order valence-corrected chi connectivity index (χ1v) is 10.7. The van der Waals surface area contributed by atoms with E-state index in [0.717, 1.165) is 54.7 Å². The topological polar surface area (TPSA) is 76.4 Å². The summed E-state index contributed by atoms with van der Waals surface area (Å²) in [6, 6.07) is 9.96. The maximum absolute atomic E-state index is 13.0. The molecule has 1 aromatic carbocycles. The Bertz CT molecular complexity index is 1100. The standard InChI is InChI=1S/C23H26N6O2/c1-16-17(2)29(15-26-16)22-13-21(24-14-25-22)27-9-11-28(12-10-27)23(30)20-8-7-18-5-3-4-6-19(18)31-20/h3-6,13-15,20H,7-12H2,1-2H3. The van der Waals surface area contributed by atoms with Crippen LogP contribution in [0.15, 0.2) is 43.0 Å². The Labute approximate surface area is 181 Å². The fraction of sp³-hybridized carbons (Fsp3) is 0.391. The van der Waals surface area contributed by atoms with E-state index in [2.05, 4.69) is 25.9 Å². The Morgan fingerprint density at radius 1 is 1.03 bits per heavy atom. The molecular formula is C23H26N6O2. The number of nitrogens with zero attached hydrogens (tertiary/aromatic N) is 6. The first-order valence-electron chi connectivity index (χ1n) is 10.7. The second-order valence-corrected chi connectivity index (χ2v) is 8.09. The number of aryl methyl sites for hydroxylation is 2. The van der Waals surface area contributed by atoms with Crippen molar-refractivity contribution in [3.8, 4) is 11.6 Å². The third-order valence-electron chi connectivity index (χ3n) is 6.25. The van der Waals surface area contributed by atoms with Gasteiger partial charge in [-0.05, 0) is 38.3 Å². The van der Waals surface area contributed by atoms with Crippen LogP contribution < -0.4 is 9.64 Å². The molecule has 2 aliphatic rings. The van der Waals surface area contributed by atoms with E-state index >= 15 is 0 Å². The molecule has 0 N–H and O–H groups in total. The number of hydrogen-bond donors (Lipinski definition) is 0. The van der Waals surface area contributed by atoms with Crippen molar-refractivity contribution in [2.24, 2.45) is 0 Å². The molecule has 1 fully saturated rings. The number of carbonyl (C=O) groups excluding carboxylic acids is 1. The Kier molecular flexibility index (Phi) is 5.05. The smallest absolute Gasteiger partial charge is 0.263 e. The fourth-order valence-corrected chi connectivity index (χ4v) is 4.23. The number of aromatic nitrogens is 4. The Hall–Kier alpha value is -3.42. The molecule has 1 atom stereocenters. The number of para-hydroxylation sites is 1. The van der Waals surface area contributed by atoms with Crippen molar-refractivity contribution >= 4 is 11.7 Å². The molecule has 0 spiro atoms. The molecule has 0 aliphatic carbocycles. The van der Waals surface area contributed by atoms with Gasteiger partial charge in [0.15, 0.2) is 6.10 Å². The third-order valence-corrected chi connectivity index (χ3v) is 6.25. The normalized spacial score (nSPS) is 18.5. The molecule has 0 saturated carbocycles. The zero-order valence-corrected chi connectivity index (χ0v) is 17.9. The van der Waals surface area contributed by atoms with Crippen LogP contribution in [0.25, 0.3) is 5.82 Å². The molecule has 2 aromatic heterocycles. The predicted molar refractivity (Wildman–Crippen MR) is 117 cm³/mol. The van der Waals surface area contributed by atoms with Gasteiger partial charge in [0, 0.05) is 37.9 Å². The number of amides is 1. The lowest BCUT2D eigenvalue weighted by Gasteiger charge is -2.37. The van der Waals surface area contributed by atoms with Crippen LogP contribution in [0.2, 0.25) is 0 Å². The van der Waals surface area contributed by atoms with Crippen molar-refractivity contribution in [1.29, 1.82) is 0 Å². The Morgan fingerprint density at radius 2 is 1.81 bits per heavy atom. The summed E-state index contributed by atoms with van der Waals surface area (Å²) in [7, 11) is 0. The van der Waals surface area contributed by atoms with Crippen molar-refractivity contribution in [1.82, 2.24) is 24.4 Å². The third kappa shape index (κ3) is 3.73. The summed E-state index contributed by atoms with van der Waals surface area (Å²) in [4.78, 5) is 30.4. The summed E-state index contributed by atoms with van der Waals surface area (Å²) in [6.07, 6.45) is 4.60. The number of ether oxygens (including phenoxy) is 1. The van der Waals surface area contributed by atoms with E-state index in [4.69, 9.17) is 4.74 Å². The first kappa shape index (κ1) is 19.5. The van der Waals surface area contributed by atoms with Crippen LogP contribution in [0.4, 0.5) is 5.82 Å². The summed E-state index contributed by atoms with van der Waals surface area (Å²) in [5, 5.41) is 0. The lowest BCUT2D eigenvalue weighted by atomic mass is 10.0. The SMILES string of the molecule is Cc1ncn(-c2cc(N3CCN(C(=O)C4CCc5ccccc5O4)CC3)ncn2)c1C. The summed E-state index contributed by atoms with van der Waals surface area (Å²) in [5.41, 5.74) is 3.23. The number of carbonyl (C=O) groups is 1. The first-order chi connectivity index (χ1) is 15.1. The number of anilines is 1. The Morgan fingerprint density at radius 3 is 2.58 bits per heavy atom. The van der Waals surface area contributed by atoms with Gasteiger partial charge in [-0.25, -0.2) is 15.0 Å². The van der Waals surface area contributed by atoms with E-state index in [1.54, 1.807) is 12.7 Å². The second kappa shape index (κ2) is 8.02. The molecular weight excluding hydrogens is 392 g/mol. The molecule has 3 aromatic rings. The minimum Gasteiger partial charge on any atom is -0.480 e. The van der Waals surface area contributed by atoms with E-state index in [-0.39, 0.29) is 12.0 Å². The second-order valence-electron chi connectivity index (χ2n) is 8.09. The van der Waals surface area contributed by atoms with Crippen LogP contribution in [0.5, 0.6) is 5.75 Å². The fourth-order valence-electron chi connectivity index (χ4n) is 4.23. The van der Waals surface area contributed by atoms with E-state index in [9.17, 15) is 4.79 Å². The van der Waals surface area contributed by atoms with Gasteiger partial charge in [-0.3, -0.25) is 9.36 Å². The molecule has 2 aliphatic heterocycles. The largest absolute Gasteiger partial charge is 0.480 e. The number of piperazine rings is 1. The van der Waals surface area contributed by atoms with E-state index < -0.39 is 0 Å². The molecule has 8 heteroatoms. The van der Waals surface area contributed by atoms with Crippen molar-refractivity contribution in [3.05, 3.63) is 59.9 Å². The van der Waals surface area contributed by atoms with E-state index in [0.29, 0.717) is 13.1 Å². The zero-order chi connectivity index (χ0) is 21.4. The van der Waals surface area contributed by atoms with Crippen molar-refractivity contribution in [2.75, 3.05) is 31.1 Å². The van der Waals surface area contributed by atoms with Crippen LogP contribution in [-0.4, -0.2) is 62.6 Å². The molecule has 8 nitrogen and oxygen atoms in total. The van der Waals surface area contributed by atoms with Crippen molar-refractivity contribution in [3.63, 3.8) is 0 Å². The lowest BCUT2D eigenvalue weighted by molar-refractivity contribution is -0.139. The number of rotatable bonds is 3. The monoisotopic (exact) mass is 418 g/mol. The highest BCUT2D eigenvalue weighted by atomic mass is 16.5. The van der Waals surface area contributed by atoms with Gasteiger partial charge in [0.25, 0.3) is 5.91 Å². The number of imidazole rings is 1. The minimum atomic E-state index is -0.389. The highest BCUT2D eigenvalue weighted by molar-refractivity contribution is 5.82. The summed E-state index contributed by atoms with van der Waals surface area (Å²) < 4.78 is 7.97. The van der Waals surface area contributed by atoms with Gasteiger partial charge in [-0.1, -0.05) is 18.2 Å². The zero-order valence-electron chi connectivity index (χ0n) is 17.9. The molecule has 0 bridgehead atoms. The average molecular weight is 419 g/mol. The summed E-state index contributed by atoms with van der Waals surface area (Å²) in [5.74, 6) is 2.59. The summed E-state index contributed by atoms with van der Waals surface area (Å²) >= 11 is 0. The van der Waals surface area contributed by atoms with Gasteiger partial charge in [0.1, 0.15) is 30.0 Å². The highest BCUT2D eigenvalue weighted by Gasteiger charge is 2.31. The molecule has 1 unspecified atom stereocenters. The minimum absolute atomic E-state index is 0.0852. The maximum Gasteiger partial charge on any atom is 0.263 e. The number of benzene rings is 1. The van der Waals surface area contributed by atoms with Gasteiger partial charge in [0.05, 0.1) is 5.69 Å². The van der Waals surface area contributed by atoms with Gasteiger partial charge in [-0.15, -0.1) is 0 Å². The molecule has 5 rings (SSSR count). The number of hydrogen-bond acceptors (Lipinski definition) is 6. The van der Waals surface area contributed by atoms with Crippen LogP contribution in [0.1, 0.15) is 23.4 Å². The predicted octanol–water partition coefficient (Wildman–Crippen LogP) is 2.32. The van der Waals surface area contributed by atoms with Gasteiger partial charge in [0.2, 0.25) is 0 Å². The molecule has 4 heterocycles.